The van der Waals surface area contributed by atoms with Crippen molar-refractivity contribution in [1.29, 1.82) is 0 Å². The van der Waals surface area contributed by atoms with Gasteiger partial charge in [0, 0.05) is 42.5 Å². The number of benzene rings is 2. The van der Waals surface area contributed by atoms with Crippen LogP contribution < -0.4 is 9.64 Å². The predicted octanol–water partition coefficient (Wildman–Crippen LogP) is 6.94. The Morgan fingerprint density at radius 1 is 1.05 bits per heavy atom. The second-order valence-electron chi connectivity index (χ2n) is 11.2. The number of carbonyl (C=O) groups is 1. The molecule has 5 nitrogen and oxygen atoms in total. The molecular formula is C32H39FN2O3. The van der Waals surface area contributed by atoms with Crippen LogP contribution in [-0.4, -0.2) is 36.8 Å². The number of ether oxygens (including phenoxy) is 2. The topological polar surface area (TPSA) is 51.7 Å². The molecule has 0 bridgehead atoms. The summed E-state index contributed by atoms with van der Waals surface area (Å²) in [7, 11) is 0. The average molecular weight is 519 g/mol. The van der Waals surface area contributed by atoms with Crippen molar-refractivity contribution < 1.29 is 18.7 Å². The summed E-state index contributed by atoms with van der Waals surface area (Å²) in [5.74, 6) is 0.308. The molecule has 0 unspecified atom stereocenters. The molecule has 1 fully saturated rings. The van der Waals surface area contributed by atoms with Gasteiger partial charge < -0.3 is 14.4 Å². The van der Waals surface area contributed by atoms with Crippen molar-refractivity contribution in [3.8, 4) is 16.9 Å². The van der Waals surface area contributed by atoms with Crippen LogP contribution in [0, 0.1) is 18.2 Å². The van der Waals surface area contributed by atoms with Crippen molar-refractivity contribution >= 4 is 11.7 Å². The van der Waals surface area contributed by atoms with Gasteiger partial charge in [0.2, 0.25) is 0 Å². The lowest BCUT2D eigenvalue weighted by molar-refractivity contribution is -0.146. The molecule has 38 heavy (non-hydrogen) atoms. The van der Waals surface area contributed by atoms with E-state index in [0.29, 0.717) is 18.4 Å². The molecule has 1 saturated heterocycles. The summed E-state index contributed by atoms with van der Waals surface area (Å²) in [4.78, 5) is 19.8. The van der Waals surface area contributed by atoms with Crippen LogP contribution in [0.4, 0.5) is 10.1 Å². The third-order valence-electron chi connectivity index (χ3n) is 7.17. The normalized spacial score (nSPS) is 15.0. The number of halogens is 1. The standard InChI is InChI=1S/C32H39FN2O3/c1-22(2)38-29(36)20-26-21-34-23(3)30(31(26)35-17-15-32(4,5)16-18-35)25-8-12-28(13-9-25)37-19-14-24-6-10-27(33)11-7-24/h6-13,21-22H,14-20H2,1-5H3. The number of pyridine rings is 1. The summed E-state index contributed by atoms with van der Waals surface area (Å²) >= 11 is 0. The summed E-state index contributed by atoms with van der Waals surface area (Å²) in [6.45, 7) is 12.8. The quantitative estimate of drug-likeness (QED) is 0.287. The first-order chi connectivity index (χ1) is 18.1. The van der Waals surface area contributed by atoms with Gasteiger partial charge in [0.15, 0.2) is 0 Å². The fourth-order valence-corrected chi connectivity index (χ4v) is 4.92. The minimum Gasteiger partial charge on any atom is -0.493 e. The van der Waals surface area contributed by atoms with Gasteiger partial charge in [0.1, 0.15) is 11.6 Å². The molecule has 2 heterocycles. The second kappa shape index (κ2) is 12.0. The number of carbonyl (C=O) groups excluding carboxylic acids is 1. The number of rotatable bonds is 9. The first kappa shape index (κ1) is 27.6. The molecule has 0 atom stereocenters. The summed E-state index contributed by atoms with van der Waals surface area (Å²) < 4.78 is 24.6. The average Bonchev–Trinajstić information content (AvgIpc) is 2.86. The Bertz CT molecular complexity index is 1230. The van der Waals surface area contributed by atoms with E-state index in [4.69, 9.17) is 14.5 Å². The van der Waals surface area contributed by atoms with Crippen LogP contribution in [0.5, 0.6) is 5.75 Å². The summed E-state index contributed by atoms with van der Waals surface area (Å²) in [5.41, 5.74) is 6.34. The van der Waals surface area contributed by atoms with Gasteiger partial charge in [0.05, 0.1) is 24.8 Å². The molecule has 0 radical (unpaired) electrons. The first-order valence-corrected chi connectivity index (χ1v) is 13.5. The molecule has 0 saturated carbocycles. The van der Waals surface area contributed by atoms with Gasteiger partial charge in [-0.2, -0.15) is 0 Å². The summed E-state index contributed by atoms with van der Waals surface area (Å²) in [6, 6.07) is 14.6. The zero-order chi connectivity index (χ0) is 27.3. The Morgan fingerprint density at radius 2 is 1.71 bits per heavy atom. The molecule has 2 aromatic carbocycles. The Hall–Kier alpha value is -3.41. The van der Waals surface area contributed by atoms with E-state index in [-0.39, 0.29) is 24.3 Å². The summed E-state index contributed by atoms with van der Waals surface area (Å²) in [5, 5.41) is 0. The van der Waals surface area contributed by atoms with E-state index in [0.717, 1.165) is 65.3 Å². The Kier molecular flexibility index (Phi) is 8.70. The lowest BCUT2D eigenvalue weighted by Crippen LogP contribution is -2.38. The maximum absolute atomic E-state index is 13.1. The molecule has 1 aromatic heterocycles. The number of anilines is 1. The van der Waals surface area contributed by atoms with Crippen molar-refractivity contribution in [2.75, 3.05) is 24.6 Å². The minimum absolute atomic E-state index is 0.157. The Labute approximate surface area is 226 Å². The Morgan fingerprint density at radius 3 is 2.34 bits per heavy atom. The van der Waals surface area contributed by atoms with Crippen LogP contribution in [0.1, 0.15) is 57.4 Å². The fraction of sp³-hybridized carbons (Fsp3) is 0.438. The molecule has 202 valence electrons. The SMILES string of the molecule is Cc1ncc(CC(=O)OC(C)C)c(N2CCC(C)(C)CC2)c1-c1ccc(OCCc2ccc(F)cc2)cc1. The van der Waals surface area contributed by atoms with E-state index in [1.165, 1.54) is 12.1 Å². The zero-order valence-electron chi connectivity index (χ0n) is 23.2. The van der Waals surface area contributed by atoms with Crippen LogP contribution in [-0.2, 0) is 22.4 Å². The van der Waals surface area contributed by atoms with Gasteiger partial charge >= 0.3 is 5.97 Å². The highest BCUT2D eigenvalue weighted by atomic mass is 19.1. The smallest absolute Gasteiger partial charge is 0.310 e. The second-order valence-corrected chi connectivity index (χ2v) is 11.2. The van der Waals surface area contributed by atoms with Crippen molar-refractivity contribution in [1.82, 2.24) is 4.98 Å². The largest absolute Gasteiger partial charge is 0.493 e. The number of hydrogen-bond acceptors (Lipinski definition) is 5. The lowest BCUT2D eigenvalue weighted by Gasteiger charge is -2.40. The van der Waals surface area contributed by atoms with Gasteiger partial charge in [-0.25, -0.2) is 4.39 Å². The molecule has 0 aliphatic carbocycles. The summed E-state index contributed by atoms with van der Waals surface area (Å²) in [6.07, 6.45) is 4.75. The molecule has 6 heteroatoms. The third kappa shape index (κ3) is 7.12. The van der Waals surface area contributed by atoms with E-state index >= 15 is 0 Å². The van der Waals surface area contributed by atoms with E-state index in [1.807, 2.05) is 39.1 Å². The minimum atomic E-state index is -0.236. The van der Waals surface area contributed by atoms with Crippen molar-refractivity contribution in [2.24, 2.45) is 5.41 Å². The number of hydrogen-bond donors (Lipinski definition) is 0. The van der Waals surface area contributed by atoms with Crippen LogP contribution in [0.3, 0.4) is 0 Å². The maximum Gasteiger partial charge on any atom is 0.310 e. The van der Waals surface area contributed by atoms with Crippen LogP contribution >= 0.6 is 0 Å². The van der Waals surface area contributed by atoms with Gasteiger partial charge in [-0.3, -0.25) is 9.78 Å². The first-order valence-electron chi connectivity index (χ1n) is 13.5. The van der Waals surface area contributed by atoms with Crippen LogP contribution in [0.2, 0.25) is 0 Å². The number of esters is 1. The highest BCUT2D eigenvalue weighted by Gasteiger charge is 2.29. The molecule has 1 aliphatic heterocycles. The van der Waals surface area contributed by atoms with E-state index < -0.39 is 0 Å². The molecule has 0 spiro atoms. The molecule has 0 N–H and O–H groups in total. The zero-order valence-corrected chi connectivity index (χ0v) is 23.2. The predicted molar refractivity (Wildman–Crippen MR) is 150 cm³/mol. The lowest BCUT2D eigenvalue weighted by atomic mass is 9.82. The molecular weight excluding hydrogens is 479 g/mol. The highest BCUT2D eigenvalue weighted by molar-refractivity contribution is 5.86. The van der Waals surface area contributed by atoms with Crippen LogP contribution in [0.15, 0.2) is 54.7 Å². The number of aryl methyl sites for hydroxylation is 1. The number of piperidine rings is 1. The molecule has 3 aromatic rings. The number of aromatic nitrogens is 1. The van der Waals surface area contributed by atoms with Gasteiger partial charge in [-0.15, -0.1) is 0 Å². The van der Waals surface area contributed by atoms with E-state index in [2.05, 4.69) is 30.9 Å². The third-order valence-corrected chi connectivity index (χ3v) is 7.17. The van der Waals surface area contributed by atoms with E-state index in [1.54, 1.807) is 12.1 Å². The van der Waals surface area contributed by atoms with Crippen molar-refractivity contribution in [3.63, 3.8) is 0 Å². The maximum atomic E-state index is 13.1. The Balaban J connectivity index is 1.58. The van der Waals surface area contributed by atoms with Gasteiger partial charge in [0.25, 0.3) is 0 Å². The highest BCUT2D eigenvalue weighted by Crippen LogP contribution is 2.40. The van der Waals surface area contributed by atoms with Crippen molar-refractivity contribution in [3.05, 3.63) is 77.4 Å². The van der Waals surface area contributed by atoms with Gasteiger partial charge in [-0.1, -0.05) is 38.1 Å². The van der Waals surface area contributed by atoms with Crippen molar-refractivity contribution in [2.45, 2.75) is 66.4 Å². The van der Waals surface area contributed by atoms with Gasteiger partial charge in [-0.05, 0) is 74.4 Å². The molecule has 1 aliphatic rings. The monoisotopic (exact) mass is 518 g/mol. The number of nitrogens with zero attached hydrogens (tertiary/aromatic N) is 2. The molecule has 4 rings (SSSR count). The molecule has 0 amide bonds. The fourth-order valence-electron chi connectivity index (χ4n) is 4.92. The van der Waals surface area contributed by atoms with Crippen LogP contribution in [0.25, 0.3) is 11.1 Å². The van der Waals surface area contributed by atoms with E-state index in [9.17, 15) is 9.18 Å².